The molecule has 2 aromatic rings. The maximum absolute atomic E-state index is 12.0. The van der Waals surface area contributed by atoms with Gasteiger partial charge in [-0.3, -0.25) is 4.79 Å². The minimum atomic E-state index is -0.194. The average Bonchev–Trinajstić information content (AvgIpc) is 2.65. The molecule has 0 saturated carbocycles. The summed E-state index contributed by atoms with van der Waals surface area (Å²) in [6.07, 6.45) is 0.788. The van der Waals surface area contributed by atoms with Crippen molar-refractivity contribution in [2.45, 2.75) is 26.7 Å². The summed E-state index contributed by atoms with van der Waals surface area (Å²) in [5.41, 5.74) is 0.747. The van der Waals surface area contributed by atoms with Gasteiger partial charge in [-0.15, -0.1) is 0 Å². The van der Waals surface area contributed by atoms with E-state index in [4.69, 9.17) is 44.9 Å². The molecule has 0 aliphatic rings. The number of rotatable bonds is 9. The number of carbonyl (C=O) groups is 1. The number of hydrogen-bond donors (Lipinski definition) is 2. The van der Waals surface area contributed by atoms with Crippen molar-refractivity contribution >= 4 is 52.1 Å². The highest BCUT2D eigenvalue weighted by atomic mass is 35.5. The summed E-state index contributed by atoms with van der Waals surface area (Å²) in [6.45, 7) is 5.15. The van der Waals surface area contributed by atoms with Crippen molar-refractivity contribution in [2.75, 3.05) is 18.5 Å². The number of nitrogens with one attached hydrogen (secondary N) is 2. The molecule has 156 valence electrons. The average molecular weight is 455 g/mol. The zero-order chi connectivity index (χ0) is 21.2. The van der Waals surface area contributed by atoms with Crippen LogP contribution < -0.4 is 20.1 Å². The lowest BCUT2D eigenvalue weighted by Gasteiger charge is -2.12. The van der Waals surface area contributed by atoms with Crippen LogP contribution in [-0.2, 0) is 4.79 Å². The van der Waals surface area contributed by atoms with Gasteiger partial charge in [-0.05, 0) is 54.9 Å². The highest BCUT2D eigenvalue weighted by molar-refractivity contribution is 7.80. The Kier molecular flexibility index (Phi) is 9.51. The number of halogens is 2. The van der Waals surface area contributed by atoms with Crippen molar-refractivity contribution in [1.29, 1.82) is 0 Å². The third kappa shape index (κ3) is 8.90. The normalized spacial score (nSPS) is 10.5. The van der Waals surface area contributed by atoms with Crippen molar-refractivity contribution in [3.63, 3.8) is 0 Å². The molecular weight excluding hydrogens is 431 g/mol. The fourth-order valence-electron chi connectivity index (χ4n) is 2.29. The van der Waals surface area contributed by atoms with E-state index in [2.05, 4.69) is 24.5 Å². The van der Waals surface area contributed by atoms with Gasteiger partial charge in [-0.2, -0.15) is 0 Å². The molecule has 8 heteroatoms. The molecule has 2 N–H and O–H groups in total. The zero-order valence-electron chi connectivity index (χ0n) is 16.3. The summed E-state index contributed by atoms with van der Waals surface area (Å²) >= 11 is 17.1. The summed E-state index contributed by atoms with van der Waals surface area (Å²) in [7, 11) is 0. The number of hydrogen-bond acceptors (Lipinski definition) is 4. The molecule has 0 fully saturated rings. The first-order chi connectivity index (χ1) is 13.8. The molecule has 0 heterocycles. The molecule has 0 aromatic heterocycles. The molecular formula is C21H24Cl2N2O3S. The third-order valence-electron chi connectivity index (χ3n) is 3.63. The smallest absolute Gasteiger partial charge is 0.226 e. The van der Waals surface area contributed by atoms with Crippen LogP contribution in [0.3, 0.4) is 0 Å². The fourth-order valence-corrected chi connectivity index (χ4v) is 2.98. The first-order valence-corrected chi connectivity index (χ1v) is 10.4. The van der Waals surface area contributed by atoms with Crippen molar-refractivity contribution in [3.8, 4) is 11.5 Å². The van der Waals surface area contributed by atoms with E-state index in [0.717, 1.165) is 11.4 Å². The maximum Gasteiger partial charge on any atom is 0.226 e. The topological polar surface area (TPSA) is 59.6 Å². The van der Waals surface area contributed by atoms with Gasteiger partial charge in [0.25, 0.3) is 0 Å². The Morgan fingerprint density at radius 1 is 1.14 bits per heavy atom. The number of carbonyl (C=O) groups excluding carboxylic acids is 1. The van der Waals surface area contributed by atoms with E-state index in [0.29, 0.717) is 41.3 Å². The third-order valence-corrected chi connectivity index (χ3v) is 4.36. The summed E-state index contributed by atoms with van der Waals surface area (Å²) in [5.74, 6) is 1.52. The van der Waals surface area contributed by atoms with Crippen LogP contribution in [0.25, 0.3) is 0 Å². The van der Waals surface area contributed by atoms with Gasteiger partial charge in [-0.25, -0.2) is 0 Å². The van der Waals surface area contributed by atoms with Crippen LogP contribution in [0.4, 0.5) is 5.69 Å². The molecule has 0 aliphatic carbocycles. The van der Waals surface area contributed by atoms with Crippen LogP contribution in [0, 0.1) is 5.92 Å². The number of anilines is 1. The number of ether oxygens (including phenoxy) is 2. The Balaban J connectivity index is 1.70. The highest BCUT2D eigenvalue weighted by Crippen LogP contribution is 2.27. The molecule has 0 atom stereocenters. The van der Waals surface area contributed by atoms with E-state index >= 15 is 0 Å². The highest BCUT2D eigenvalue weighted by Gasteiger charge is 2.07. The van der Waals surface area contributed by atoms with E-state index < -0.39 is 0 Å². The SMILES string of the molecule is CC(C)COc1cccc(NC(=S)NC(=O)CCCOc2ccc(Cl)cc2Cl)c1. The summed E-state index contributed by atoms with van der Waals surface area (Å²) < 4.78 is 11.2. The predicted molar refractivity (Wildman–Crippen MR) is 122 cm³/mol. The molecule has 0 unspecified atom stereocenters. The molecule has 2 aromatic carbocycles. The second kappa shape index (κ2) is 11.9. The van der Waals surface area contributed by atoms with Crippen LogP contribution in [0.1, 0.15) is 26.7 Å². The molecule has 0 radical (unpaired) electrons. The Morgan fingerprint density at radius 2 is 1.93 bits per heavy atom. The van der Waals surface area contributed by atoms with E-state index in [-0.39, 0.29) is 17.4 Å². The molecule has 0 spiro atoms. The lowest BCUT2D eigenvalue weighted by molar-refractivity contribution is -0.119. The Morgan fingerprint density at radius 3 is 2.66 bits per heavy atom. The van der Waals surface area contributed by atoms with Crippen LogP contribution in [-0.4, -0.2) is 24.2 Å². The van der Waals surface area contributed by atoms with E-state index in [9.17, 15) is 4.79 Å². The predicted octanol–water partition coefficient (Wildman–Crippen LogP) is 5.70. The number of benzene rings is 2. The lowest BCUT2D eigenvalue weighted by Crippen LogP contribution is -2.34. The molecule has 5 nitrogen and oxygen atoms in total. The Hall–Kier alpha value is -2.02. The van der Waals surface area contributed by atoms with Gasteiger partial charge in [0.2, 0.25) is 5.91 Å². The number of amides is 1. The summed E-state index contributed by atoms with van der Waals surface area (Å²) in [5, 5.41) is 6.86. The van der Waals surface area contributed by atoms with Crippen molar-refractivity contribution < 1.29 is 14.3 Å². The summed E-state index contributed by atoms with van der Waals surface area (Å²) in [4.78, 5) is 12.0. The standard InChI is InChI=1S/C21H24Cl2N2O3S/c1-14(2)13-28-17-6-3-5-16(12-17)24-21(29)25-20(26)7-4-10-27-19-9-8-15(22)11-18(19)23/h3,5-6,8-9,11-12,14H,4,7,10,13H2,1-2H3,(H2,24,25,26,29). The van der Waals surface area contributed by atoms with Crippen LogP contribution in [0.5, 0.6) is 11.5 Å². The second-order valence-electron chi connectivity index (χ2n) is 6.76. The monoisotopic (exact) mass is 454 g/mol. The van der Waals surface area contributed by atoms with Gasteiger partial charge in [0.15, 0.2) is 5.11 Å². The van der Waals surface area contributed by atoms with Gasteiger partial charge in [0, 0.05) is 23.2 Å². The minimum Gasteiger partial charge on any atom is -0.493 e. The molecule has 1 amide bonds. The molecule has 0 saturated heterocycles. The van der Waals surface area contributed by atoms with Gasteiger partial charge in [0.05, 0.1) is 18.2 Å². The molecule has 0 aliphatic heterocycles. The fraction of sp³-hybridized carbons (Fsp3) is 0.333. The largest absolute Gasteiger partial charge is 0.493 e. The van der Waals surface area contributed by atoms with Crippen molar-refractivity contribution in [3.05, 3.63) is 52.5 Å². The Bertz CT molecular complexity index is 846. The van der Waals surface area contributed by atoms with Gasteiger partial charge < -0.3 is 20.1 Å². The van der Waals surface area contributed by atoms with Crippen LogP contribution in [0.15, 0.2) is 42.5 Å². The molecule has 0 bridgehead atoms. The van der Waals surface area contributed by atoms with Crippen molar-refractivity contribution in [1.82, 2.24) is 5.32 Å². The maximum atomic E-state index is 12.0. The van der Waals surface area contributed by atoms with Crippen molar-refractivity contribution in [2.24, 2.45) is 5.92 Å². The second-order valence-corrected chi connectivity index (χ2v) is 8.01. The van der Waals surface area contributed by atoms with E-state index in [1.54, 1.807) is 18.2 Å². The van der Waals surface area contributed by atoms with E-state index in [1.165, 1.54) is 0 Å². The van der Waals surface area contributed by atoms with Gasteiger partial charge in [-0.1, -0.05) is 43.1 Å². The zero-order valence-corrected chi connectivity index (χ0v) is 18.7. The minimum absolute atomic E-state index is 0.194. The Labute approximate surface area is 186 Å². The van der Waals surface area contributed by atoms with Gasteiger partial charge >= 0.3 is 0 Å². The van der Waals surface area contributed by atoms with Crippen LogP contribution >= 0.6 is 35.4 Å². The van der Waals surface area contributed by atoms with Crippen LogP contribution in [0.2, 0.25) is 10.0 Å². The lowest BCUT2D eigenvalue weighted by atomic mass is 10.2. The first-order valence-electron chi connectivity index (χ1n) is 9.25. The summed E-state index contributed by atoms with van der Waals surface area (Å²) in [6, 6.07) is 12.4. The quantitative estimate of drug-likeness (QED) is 0.375. The van der Waals surface area contributed by atoms with Gasteiger partial charge in [0.1, 0.15) is 11.5 Å². The number of thiocarbonyl (C=S) groups is 1. The first kappa shape index (κ1) is 23.3. The van der Waals surface area contributed by atoms with E-state index in [1.807, 2.05) is 24.3 Å². The molecule has 2 rings (SSSR count). The molecule has 29 heavy (non-hydrogen) atoms.